The fraction of sp³-hybridized carbons (Fsp3) is 0.455. The number of carbonyl (C=O) groups excluding carboxylic acids is 1. The molecule has 76 valence electrons. The molecule has 0 saturated carbocycles. The third-order valence-corrected chi connectivity index (χ3v) is 1.99. The van der Waals surface area contributed by atoms with Crippen LogP contribution in [0.25, 0.3) is 0 Å². The number of amides is 1. The van der Waals surface area contributed by atoms with Crippen molar-refractivity contribution >= 4 is 5.91 Å². The second-order valence-corrected chi connectivity index (χ2v) is 4.23. The van der Waals surface area contributed by atoms with E-state index in [0.29, 0.717) is 5.56 Å². The van der Waals surface area contributed by atoms with Crippen LogP contribution < -0.4 is 5.32 Å². The molecule has 0 aromatic carbocycles. The van der Waals surface area contributed by atoms with Crippen molar-refractivity contribution in [3.05, 3.63) is 29.6 Å². The van der Waals surface area contributed by atoms with Crippen molar-refractivity contribution in [1.82, 2.24) is 10.3 Å². The lowest BCUT2D eigenvalue weighted by Gasteiger charge is -2.20. The lowest BCUT2D eigenvalue weighted by molar-refractivity contribution is 0.0960. The molecule has 0 unspecified atom stereocenters. The van der Waals surface area contributed by atoms with E-state index in [1.165, 1.54) is 0 Å². The number of pyridine rings is 1. The normalized spacial score (nSPS) is 11.1. The second-order valence-electron chi connectivity index (χ2n) is 4.23. The summed E-state index contributed by atoms with van der Waals surface area (Å²) in [5.74, 6) is -0.0805. The highest BCUT2D eigenvalue weighted by Crippen LogP contribution is 2.23. The van der Waals surface area contributed by atoms with Gasteiger partial charge in [-0.05, 0) is 12.1 Å². The Labute approximate surface area is 84.6 Å². The third-order valence-electron chi connectivity index (χ3n) is 1.99. The average Bonchev–Trinajstić information content (AvgIpc) is 2.15. The summed E-state index contributed by atoms with van der Waals surface area (Å²) in [7, 11) is 1.63. The van der Waals surface area contributed by atoms with Crippen LogP contribution >= 0.6 is 0 Å². The second kappa shape index (κ2) is 3.78. The molecule has 1 rings (SSSR count). The Morgan fingerprint density at radius 1 is 1.43 bits per heavy atom. The number of aromatic nitrogens is 1. The summed E-state index contributed by atoms with van der Waals surface area (Å²) in [6, 6.07) is 3.58. The quantitative estimate of drug-likeness (QED) is 0.736. The Balaban J connectivity index is 3.23. The van der Waals surface area contributed by atoms with Crippen molar-refractivity contribution in [2.75, 3.05) is 7.05 Å². The minimum atomic E-state index is -0.108. The van der Waals surface area contributed by atoms with Gasteiger partial charge < -0.3 is 5.32 Å². The van der Waals surface area contributed by atoms with E-state index in [0.717, 1.165) is 5.69 Å². The largest absolute Gasteiger partial charge is 0.355 e. The summed E-state index contributed by atoms with van der Waals surface area (Å²) in [6.07, 6.45) is 1.72. The highest BCUT2D eigenvalue weighted by molar-refractivity contribution is 5.95. The highest BCUT2D eigenvalue weighted by Gasteiger charge is 2.21. The maximum Gasteiger partial charge on any atom is 0.252 e. The Morgan fingerprint density at radius 3 is 2.57 bits per heavy atom. The van der Waals surface area contributed by atoms with Gasteiger partial charge in [0.25, 0.3) is 5.91 Å². The van der Waals surface area contributed by atoms with Crippen LogP contribution in [-0.4, -0.2) is 17.9 Å². The number of hydrogen-bond acceptors (Lipinski definition) is 2. The van der Waals surface area contributed by atoms with Crippen LogP contribution in [0.4, 0.5) is 0 Å². The van der Waals surface area contributed by atoms with Gasteiger partial charge in [0.05, 0.1) is 11.3 Å². The molecular formula is C11H16N2O. The van der Waals surface area contributed by atoms with Gasteiger partial charge in [-0.1, -0.05) is 20.8 Å². The van der Waals surface area contributed by atoms with Crippen molar-refractivity contribution < 1.29 is 4.79 Å². The molecular weight excluding hydrogens is 176 g/mol. The minimum absolute atomic E-state index is 0.0805. The Kier molecular flexibility index (Phi) is 2.89. The molecule has 0 aliphatic carbocycles. The van der Waals surface area contributed by atoms with Crippen molar-refractivity contribution in [2.45, 2.75) is 26.2 Å². The zero-order chi connectivity index (χ0) is 10.8. The van der Waals surface area contributed by atoms with Crippen LogP contribution in [0.3, 0.4) is 0 Å². The van der Waals surface area contributed by atoms with Crippen molar-refractivity contribution in [3.8, 4) is 0 Å². The monoisotopic (exact) mass is 192 g/mol. The Bertz CT molecular complexity index is 339. The molecule has 0 fully saturated rings. The molecule has 1 aromatic rings. The standard InChI is InChI=1S/C11H16N2O/c1-11(2,3)9-8(10(14)12-4)6-5-7-13-9/h5-7H,1-4H3,(H,12,14). The molecule has 0 aliphatic rings. The first-order valence-electron chi connectivity index (χ1n) is 4.64. The van der Waals surface area contributed by atoms with Gasteiger partial charge in [0.1, 0.15) is 0 Å². The van der Waals surface area contributed by atoms with Crippen LogP contribution in [0.1, 0.15) is 36.8 Å². The zero-order valence-electron chi connectivity index (χ0n) is 9.09. The summed E-state index contributed by atoms with van der Waals surface area (Å²) in [4.78, 5) is 15.8. The molecule has 1 heterocycles. The van der Waals surface area contributed by atoms with E-state index in [1.54, 1.807) is 25.4 Å². The molecule has 1 N–H and O–H groups in total. The van der Waals surface area contributed by atoms with Crippen molar-refractivity contribution in [3.63, 3.8) is 0 Å². The van der Waals surface area contributed by atoms with Gasteiger partial charge in [-0.25, -0.2) is 0 Å². The minimum Gasteiger partial charge on any atom is -0.355 e. The van der Waals surface area contributed by atoms with Gasteiger partial charge in [0, 0.05) is 18.7 Å². The average molecular weight is 192 g/mol. The topological polar surface area (TPSA) is 42.0 Å². The molecule has 0 spiro atoms. The molecule has 0 atom stereocenters. The molecule has 0 aliphatic heterocycles. The van der Waals surface area contributed by atoms with Crippen LogP contribution in [0.5, 0.6) is 0 Å². The van der Waals surface area contributed by atoms with E-state index in [2.05, 4.69) is 10.3 Å². The smallest absolute Gasteiger partial charge is 0.252 e. The predicted molar refractivity (Wildman–Crippen MR) is 56.3 cm³/mol. The lowest BCUT2D eigenvalue weighted by atomic mass is 9.88. The fourth-order valence-corrected chi connectivity index (χ4v) is 1.32. The predicted octanol–water partition coefficient (Wildman–Crippen LogP) is 1.74. The van der Waals surface area contributed by atoms with Crippen LogP contribution in [0, 0.1) is 0 Å². The first kappa shape index (κ1) is 10.7. The van der Waals surface area contributed by atoms with Gasteiger partial charge in [0.15, 0.2) is 0 Å². The Morgan fingerprint density at radius 2 is 2.07 bits per heavy atom. The molecule has 1 amide bonds. The molecule has 3 heteroatoms. The van der Waals surface area contributed by atoms with E-state index in [9.17, 15) is 4.79 Å². The number of rotatable bonds is 1. The summed E-state index contributed by atoms with van der Waals surface area (Å²) in [5, 5.41) is 2.61. The van der Waals surface area contributed by atoms with Crippen LogP contribution in [0.15, 0.2) is 18.3 Å². The highest BCUT2D eigenvalue weighted by atomic mass is 16.1. The molecule has 3 nitrogen and oxygen atoms in total. The van der Waals surface area contributed by atoms with Crippen LogP contribution in [-0.2, 0) is 5.41 Å². The van der Waals surface area contributed by atoms with E-state index in [4.69, 9.17) is 0 Å². The first-order valence-corrected chi connectivity index (χ1v) is 4.64. The number of nitrogens with one attached hydrogen (secondary N) is 1. The SMILES string of the molecule is CNC(=O)c1cccnc1C(C)(C)C. The van der Waals surface area contributed by atoms with Gasteiger partial charge in [-0.15, -0.1) is 0 Å². The van der Waals surface area contributed by atoms with Gasteiger partial charge in [-0.2, -0.15) is 0 Å². The van der Waals surface area contributed by atoms with Crippen molar-refractivity contribution in [1.29, 1.82) is 0 Å². The maximum absolute atomic E-state index is 11.5. The molecule has 0 radical (unpaired) electrons. The number of carbonyl (C=O) groups is 1. The summed E-state index contributed by atoms with van der Waals surface area (Å²) < 4.78 is 0. The van der Waals surface area contributed by atoms with Gasteiger partial charge in [0.2, 0.25) is 0 Å². The maximum atomic E-state index is 11.5. The van der Waals surface area contributed by atoms with E-state index in [1.807, 2.05) is 20.8 Å². The summed E-state index contributed by atoms with van der Waals surface area (Å²) >= 11 is 0. The molecule has 14 heavy (non-hydrogen) atoms. The van der Waals surface area contributed by atoms with Crippen molar-refractivity contribution in [2.24, 2.45) is 0 Å². The van der Waals surface area contributed by atoms with E-state index in [-0.39, 0.29) is 11.3 Å². The number of hydrogen-bond donors (Lipinski definition) is 1. The van der Waals surface area contributed by atoms with Crippen LogP contribution in [0.2, 0.25) is 0 Å². The first-order chi connectivity index (χ1) is 6.46. The van der Waals surface area contributed by atoms with Gasteiger partial charge in [-0.3, -0.25) is 9.78 Å². The molecule has 0 bridgehead atoms. The van der Waals surface area contributed by atoms with Gasteiger partial charge >= 0.3 is 0 Å². The molecule has 1 aromatic heterocycles. The van der Waals surface area contributed by atoms with E-state index >= 15 is 0 Å². The zero-order valence-corrected chi connectivity index (χ0v) is 9.09. The number of nitrogens with zero attached hydrogens (tertiary/aromatic N) is 1. The summed E-state index contributed by atoms with van der Waals surface area (Å²) in [6.45, 7) is 6.13. The van der Waals surface area contributed by atoms with E-state index < -0.39 is 0 Å². The lowest BCUT2D eigenvalue weighted by Crippen LogP contribution is -2.25. The summed E-state index contributed by atoms with van der Waals surface area (Å²) in [5.41, 5.74) is 1.38. The molecule has 0 saturated heterocycles. The fourth-order valence-electron chi connectivity index (χ4n) is 1.32. The Hall–Kier alpha value is -1.38. The third kappa shape index (κ3) is 2.10.